The van der Waals surface area contributed by atoms with Crippen molar-refractivity contribution in [2.24, 2.45) is 0 Å². The molecule has 0 radical (unpaired) electrons. The molecule has 0 aliphatic carbocycles. The first kappa shape index (κ1) is 10.3. The van der Waals surface area contributed by atoms with Gasteiger partial charge >= 0.3 is 5.97 Å². The molecule has 2 aromatic rings. The van der Waals surface area contributed by atoms with Crippen LogP contribution >= 0.6 is 12.4 Å². The molecule has 0 bridgehead atoms. The van der Waals surface area contributed by atoms with Gasteiger partial charge in [-0.3, -0.25) is 10.1 Å². The Labute approximate surface area is 84.5 Å². The smallest absolute Gasteiger partial charge is 0.338 e. The SMILES string of the molecule is Cl.Nc1n[nH]c2cncc(C(=O)O)c12. The number of hydrogen-bond donors (Lipinski definition) is 3. The lowest BCUT2D eigenvalue weighted by Gasteiger charge is -1.95. The average molecular weight is 215 g/mol. The van der Waals surface area contributed by atoms with Crippen LogP contribution in [0, 0.1) is 0 Å². The molecule has 0 spiro atoms. The summed E-state index contributed by atoms with van der Waals surface area (Å²) in [5, 5.41) is 15.5. The normalized spacial score (nSPS) is 9.71. The summed E-state index contributed by atoms with van der Waals surface area (Å²) in [7, 11) is 0. The second kappa shape index (κ2) is 3.51. The summed E-state index contributed by atoms with van der Waals surface area (Å²) in [6, 6.07) is 0. The van der Waals surface area contributed by atoms with Gasteiger partial charge in [-0.2, -0.15) is 5.10 Å². The van der Waals surface area contributed by atoms with Crippen LogP contribution < -0.4 is 5.73 Å². The second-order valence-corrected chi connectivity index (χ2v) is 2.52. The maximum atomic E-state index is 10.7. The topological polar surface area (TPSA) is 105 Å². The van der Waals surface area contributed by atoms with Crippen LogP contribution in [0.1, 0.15) is 10.4 Å². The summed E-state index contributed by atoms with van der Waals surface area (Å²) in [5.41, 5.74) is 6.07. The number of carboxylic acid groups (broad SMARTS) is 1. The number of nitrogens with two attached hydrogens (primary N) is 1. The summed E-state index contributed by atoms with van der Waals surface area (Å²) in [4.78, 5) is 14.5. The number of carboxylic acids is 1. The highest BCUT2D eigenvalue weighted by atomic mass is 35.5. The number of nitrogens with zero attached hydrogens (tertiary/aromatic N) is 2. The molecule has 0 amide bonds. The van der Waals surface area contributed by atoms with Crippen LogP contribution in [0.25, 0.3) is 10.9 Å². The van der Waals surface area contributed by atoms with E-state index in [4.69, 9.17) is 10.8 Å². The Kier molecular flexibility index (Phi) is 2.57. The van der Waals surface area contributed by atoms with Gasteiger partial charge in [0.05, 0.1) is 22.7 Å². The number of rotatable bonds is 1. The van der Waals surface area contributed by atoms with Gasteiger partial charge in [0.15, 0.2) is 5.82 Å². The Morgan fingerprint density at radius 3 is 2.86 bits per heavy atom. The Bertz CT molecular complexity index is 481. The van der Waals surface area contributed by atoms with Gasteiger partial charge in [-0.1, -0.05) is 0 Å². The molecule has 0 fully saturated rings. The van der Waals surface area contributed by atoms with Crippen LogP contribution in [0.2, 0.25) is 0 Å². The number of carbonyl (C=O) groups is 1. The zero-order valence-corrected chi connectivity index (χ0v) is 7.71. The molecule has 14 heavy (non-hydrogen) atoms. The number of aromatic nitrogens is 3. The summed E-state index contributed by atoms with van der Waals surface area (Å²) in [6.07, 6.45) is 2.72. The van der Waals surface area contributed by atoms with Crippen LogP contribution in [0.5, 0.6) is 0 Å². The van der Waals surface area contributed by atoms with E-state index in [0.29, 0.717) is 10.9 Å². The first-order valence-corrected chi connectivity index (χ1v) is 3.51. The number of pyridine rings is 1. The first-order chi connectivity index (χ1) is 6.20. The predicted molar refractivity (Wildman–Crippen MR) is 52.5 cm³/mol. The van der Waals surface area contributed by atoms with Crippen molar-refractivity contribution in [3.8, 4) is 0 Å². The highest BCUT2D eigenvalue weighted by Crippen LogP contribution is 2.20. The van der Waals surface area contributed by atoms with Crippen molar-refractivity contribution < 1.29 is 9.90 Å². The molecule has 7 heteroatoms. The van der Waals surface area contributed by atoms with Gasteiger partial charge in [0.2, 0.25) is 0 Å². The minimum atomic E-state index is -1.06. The Hall–Kier alpha value is -1.82. The number of H-pyrrole nitrogens is 1. The van der Waals surface area contributed by atoms with Gasteiger partial charge in [0.1, 0.15) is 0 Å². The van der Waals surface area contributed by atoms with Gasteiger partial charge in [-0.25, -0.2) is 4.79 Å². The number of aromatic amines is 1. The van der Waals surface area contributed by atoms with Gasteiger partial charge in [0, 0.05) is 6.20 Å². The molecular formula is C7H7ClN4O2. The van der Waals surface area contributed by atoms with E-state index in [-0.39, 0.29) is 23.8 Å². The Morgan fingerprint density at radius 2 is 2.21 bits per heavy atom. The van der Waals surface area contributed by atoms with Crippen LogP contribution in [-0.4, -0.2) is 26.3 Å². The molecule has 2 rings (SSSR count). The van der Waals surface area contributed by atoms with Crippen molar-refractivity contribution in [3.63, 3.8) is 0 Å². The third-order valence-corrected chi connectivity index (χ3v) is 1.73. The molecule has 0 saturated heterocycles. The van der Waals surface area contributed by atoms with Gasteiger partial charge in [-0.05, 0) is 0 Å². The Morgan fingerprint density at radius 1 is 1.50 bits per heavy atom. The number of fused-ring (bicyclic) bond motifs is 1. The lowest BCUT2D eigenvalue weighted by molar-refractivity contribution is 0.0698. The zero-order chi connectivity index (χ0) is 9.42. The third kappa shape index (κ3) is 1.35. The molecule has 2 aromatic heterocycles. The van der Waals surface area contributed by atoms with E-state index in [1.807, 2.05) is 0 Å². The second-order valence-electron chi connectivity index (χ2n) is 2.52. The lowest BCUT2D eigenvalue weighted by Crippen LogP contribution is -1.99. The molecule has 0 aliphatic rings. The maximum Gasteiger partial charge on any atom is 0.338 e. The monoisotopic (exact) mass is 214 g/mol. The van der Waals surface area contributed by atoms with E-state index >= 15 is 0 Å². The average Bonchev–Trinajstić information content (AvgIpc) is 2.48. The summed E-state index contributed by atoms with van der Waals surface area (Å²) in [6.45, 7) is 0. The van der Waals surface area contributed by atoms with Crippen LogP contribution in [0.4, 0.5) is 5.82 Å². The summed E-state index contributed by atoms with van der Waals surface area (Å²) < 4.78 is 0. The quantitative estimate of drug-likeness (QED) is 0.647. The standard InChI is InChI=1S/C7H6N4O2.ClH/c8-6-5-3(7(12)13)1-9-2-4(5)10-11-6;/h1-2H,(H,12,13)(H3,8,10,11);1H. The number of aromatic carboxylic acids is 1. The maximum absolute atomic E-state index is 10.7. The molecule has 0 aliphatic heterocycles. The number of halogens is 1. The fourth-order valence-electron chi connectivity index (χ4n) is 1.16. The van der Waals surface area contributed by atoms with Crippen LogP contribution in [0.15, 0.2) is 12.4 Å². The van der Waals surface area contributed by atoms with Gasteiger partial charge in [-0.15, -0.1) is 12.4 Å². The van der Waals surface area contributed by atoms with Crippen molar-refractivity contribution in [3.05, 3.63) is 18.0 Å². The largest absolute Gasteiger partial charge is 0.478 e. The number of nitrogen functional groups attached to an aromatic ring is 1. The predicted octanol–water partition coefficient (Wildman–Crippen LogP) is 0.660. The van der Waals surface area contributed by atoms with E-state index in [0.717, 1.165) is 0 Å². The molecular weight excluding hydrogens is 208 g/mol. The molecule has 2 heterocycles. The van der Waals surface area contributed by atoms with E-state index in [2.05, 4.69) is 15.2 Å². The highest BCUT2D eigenvalue weighted by molar-refractivity contribution is 6.06. The first-order valence-electron chi connectivity index (χ1n) is 3.51. The summed E-state index contributed by atoms with van der Waals surface area (Å²) >= 11 is 0. The number of nitrogens with one attached hydrogen (secondary N) is 1. The molecule has 0 saturated carbocycles. The molecule has 0 unspecified atom stereocenters. The molecule has 74 valence electrons. The molecule has 0 aromatic carbocycles. The van der Waals surface area contributed by atoms with E-state index < -0.39 is 5.97 Å². The van der Waals surface area contributed by atoms with Crippen LogP contribution in [0.3, 0.4) is 0 Å². The number of anilines is 1. The molecule has 4 N–H and O–H groups in total. The fourth-order valence-corrected chi connectivity index (χ4v) is 1.16. The third-order valence-electron chi connectivity index (χ3n) is 1.73. The highest BCUT2D eigenvalue weighted by Gasteiger charge is 2.13. The van der Waals surface area contributed by atoms with Crippen molar-refractivity contribution in [1.82, 2.24) is 15.2 Å². The van der Waals surface area contributed by atoms with E-state index in [1.165, 1.54) is 12.4 Å². The van der Waals surface area contributed by atoms with E-state index in [1.54, 1.807) is 0 Å². The van der Waals surface area contributed by atoms with Crippen molar-refractivity contribution >= 4 is 35.1 Å². The van der Waals surface area contributed by atoms with Crippen molar-refractivity contribution in [2.45, 2.75) is 0 Å². The minimum absolute atomic E-state index is 0. The minimum Gasteiger partial charge on any atom is -0.478 e. The van der Waals surface area contributed by atoms with Gasteiger partial charge in [0.25, 0.3) is 0 Å². The lowest BCUT2D eigenvalue weighted by atomic mass is 10.2. The molecule has 0 atom stereocenters. The van der Waals surface area contributed by atoms with Gasteiger partial charge < -0.3 is 10.8 Å². The fraction of sp³-hybridized carbons (Fsp3) is 0. The van der Waals surface area contributed by atoms with E-state index in [9.17, 15) is 4.79 Å². The van der Waals surface area contributed by atoms with Crippen molar-refractivity contribution in [2.75, 3.05) is 5.73 Å². The zero-order valence-electron chi connectivity index (χ0n) is 6.89. The number of hydrogen-bond acceptors (Lipinski definition) is 4. The Balaban J connectivity index is 0.000000980. The summed E-state index contributed by atoms with van der Waals surface area (Å²) in [5.74, 6) is -0.888. The molecule has 6 nitrogen and oxygen atoms in total. The van der Waals surface area contributed by atoms with Crippen molar-refractivity contribution in [1.29, 1.82) is 0 Å². The van der Waals surface area contributed by atoms with Crippen LogP contribution in [-0.2, 0) is 0 Å².